The Kier molecular flexibility index (Phi) is 6.20. The van der Waals surface area contributed by atoms with Crippen LogP contribution in [0.3, 0.4) is 0 Å². The van der Waals surface area contributed by atoms with Crippen LogP contribution in [0.15, 0.2) is 149 Å². The molecule has 8 rings (SSSR count). The lowest BCUT2D eigenvalue weighted by atomic mass is 9.96. The van der Waals surface area contributed by atoms with Crippen LogP contribution in [0.2, 0.25) is 0 Å². The second-order valence-electron chi connectivity index (χ2n) is 10.4. The van der Waals surface area contributed by atoms with E-state index in [-0.39, 0.29) is 0 Å². The van der Waals surface area contributed by atoms with Crippen LogP contribution < -0.4 is 0 Å². The van der Waals surface area contributed by atoms with E-state index in [2.05, 4.69) is 36.9 Å². The number of benzene rings is 5. The van der Waals surface area contributed by atoms with Gasteiger partial charge in [-0.25, -0.2) is 15.0 Å². The van der Waals surface area contributed by atoms with Gasteiger partial charge in [0.05, 0.1) is 5.56 Å². The molecule has 0 aliphatic carbocycles. The van der Waals surface area contributed by atoms with Crippen molar-refractivity contribution in [3.05, 3.63) is 146 Å². The van der Waals surface area contributed by atoms with Crippen molar-refractivity contribution in [2.75, 3.05) is 0 Å². The number of nitrogens with zero attached hydrogens (tertiary/aromatic N) is 3. The molecule has 0 unspecified atom stereocenters. The minimum atomic E-state index is 0.518. The largest absolute Gasteiger partial charge is 0.456 e. The minimum Gasteiger partial charge on any atom is -0.456 e. The number of allylic oxidation sites excluding steroid dienone is 2. The molecule has 0 N–H and O–H groups in total. The molecule has 3 heterocycles. The predicted octanol–water partition coefficient (Wildman–Crippen LogP) is 10.4. The van der Waals surface area contributed by atoms with Crippen LogP contribution in [0.1, 0.15) is 5.76 Å². The summed E-state index contributed by atoms with van der Waals surface area (Å²) in [6.45, 7) is 3.88. The van der Waals surface area contributed by atoms with Crippen molar-refractivity contribution in [1.82, 2.24) is 15.0 Å². The van der Waals surface area contributed by atoms with Crippen molar-refractivity contribution in [1.29, 1.82) is 0 Å². The van der Waals surface area contributed by atoms with E-state index in [1.807, 2.05) is 103 Å². The van der Waals surface area contributed by atoms with Crippen LogP contribution in [0.5, 0.6) is 0 Å². The van der Waals surface area contributed by atoms with E-state index < -0.39 is 0 Å². The number of rotatable bonds is 6. The fourth-order valence-corrected chi connectivity index (χ4v) is 5.77. The van der Waals surface area contributed by atoms with Crippen LogP contribution in [-0.2, 0) is 0 Å². The van der Waals surface area contributed by atoms with E-state index in [0.717, 1.165) is 60.7 Å². The Labute approximate surface area is 253 Å². The summed E-state index contributed by atoms with van der Waals surface area (Å²) in [4.78, 5) is 15.0. The van der Waals surface area contributed by atoms with Gasteiger partial charge in [0.1, 0.15) is 22.5 Å². The van der Waals surface area contributed by atoms with Crippen molar-refractivity contribution in [2.45, 2.75) is 0 Å². The lowest BCUT2D eigenvalue weighted by Gasteiger charge is -2.10. The van der Waals surface area contributed by atoms with E-state index >= 15 is 0 Å². The van der Waals surface area contributed by atoms with Gasteiger partial charge in [-0.2, -0.15) is 0 Å². The number of hydrogen-bond donors (Lipinski definition) is 0. The van der Waals surface area contributed by atoms with Crippen LogP contribution in [-0.4, -0.2) is 15.0 Å². The highest BCUT2D eigenvalue weighted by Crippen LogP contribution is 2.44. The van der Waals surface area contributed by atoms with E-state index in [1.165, 1.54) is 0 Å². The third-order valence-electron chi connectivity index (χ3n) is 7.74. The number of fused-ring (bicyclic) bond motifs is 4. The number of aromatic nitrogens is 3. The first-order valence-corrected chi connectivity index (χ1v) is 14.4. The molecule has 208 valence electrons. The van der Waals surface area contributed by atoms with Gasteiger partial charge in [-0.3, -0.25) is 0 Å². The maximum atomic E-state index is 6.51. The molecule has 3 aromatic heterocycles. The van der Waals surface area contributed by atoms with E-state index in [0.29, 0.717) is 23.2 Å². The Morgan fingerprint density at radius 1 is 0.523 bits per heavy atom. The topological polar surface area (TPSA) is 65.0 Å². The van der Waals surface area contributed by atoms with E-state index in [4.69, 9.17) is 23.8 Å². The van der Waals surface area contributed by atoms with Gasteiger partial charge in [0.25, 0.3) is 0 Å². The molecule has 44 heavy (non-hydrogen) atoms. The highest BCUT2D eigenvalue weighted by atomic mass is 16.3. The molecule has 0 spiro atoms. The first kappa shape index (κ1) is 25.6. The lowest BCUT2D eigenvalue weighted by molar-refractivity contribution is 0.605. The number of para-hydroxylation sites is 2. The van der Waals surface area contributed by atoms with Gasteiger partial charge < -0.3 is 8.83 Å². The van der Waals surface area contributed by atoms with Gasteiger partial charge >= 0.3 is 0 Å². The van der Waals surface area contributed by atoms with Crippen LogP contribution in [0.4, 0.5) is 0 Å². The van der Waals surface area contributed by atoms with E-state index in [1.54, 1.807) is 6.08 Å². The molecule has 0 radical (unpaired) electrons. The Morgan fingerprint density at radius 2 is 1.11 bits per heavy atom. The molecule has 0 aliphatic heterocycles. The van der Waals surface area contributed by atoms with Crippen molar-refractivity contribution < 1.29 is 8.83 Å². The zero-order valence-electron chi connectivity index (χ0n) is 23.6. The quantitative estimate of drug-likeness (QED) is 0.187. The molecule has 0 saturated heterocycles. The maximum absolute atomic E-state index is 6.51. The van der Waals surface area contributed by atoms with Crippen LogP contribution in [0, 0.1) is 0 Å². The molecule has 0 bridgehead atoms. The molecule has 0 atom stereocenters. The smallest absolute Gasteiger partial charge is 0.168 e. The average Bonchev–Trinajstić information content (AvgIpc) is 3.66. The monoisotopic (exact) mass is 567 g/mol. The SMILES string of the molecule is C=C/C=C\c1oc2cccc(-c3cccc4c3oc3ccccc34)c2c1-c1nc(-c2ccccc2)nc(-c2ccccc2)n1. The Morgan fingerprint density at radius 3 is 1.84 bits per heavy atom. The lowest BCUT2D eigenvalue weighted by Crippen LogP contribution is -2.00. The van der Waals surface area contributed by atoms with Gasteiger partial charge in [0.2, 0.25) is 0 Å². The van der Waals surface area contributed by atoms with Crippen LogP contribution >= 0.6 is 0 Å². The summed E-state index contributed by atoms with van der Waals surface area (Å²) >= 11 is 0. The van der Waals surface area contributed by atoms with Crippen molar-refractivity contribution in [2.24, 2.45) is 0 Å². The van der Waals surface area contributed by atoms with E-state index in [9.17, 15) is 0 Å². The zero-order valence-corrected chi connectivity index (χ0v) is 23.6. The van der Waals surface area contributed by atoms with Gasteiger partial charge in [0.15, 0.2) is 17.5 Å². The second-order valence-corrected chi connectivity index (χ2v) is 10.4. The number of hydrogen-bond acceptors (Lipinski definition) is 5. The summed E-state index contributed by atoms with van der Waals surface area (Å²) in [5.74, 6) is 2.32. The van der Waals surface area contributed by atoms with Gasteiger partial charge in [0, 0.05) is 32.8 Å². The van der Waals surface area contributed by atoms with Gasteiger partial charge in [-0.05, 0) is 23.8 Å². The molecule has 0 amide bonds. The summed E-state index contributed by atoms with van der Waals surface area (Å²) in [6.07, 6.45) is 5.49. The summed E-state index contributed by atoms with van der Waals surface area (Å²) in [6, 6.07) is 40.4. The first-order chi connectivity index (χ1) is 21.8. The van der Waals surface area contributed by atoms with Crippen molar-refractivity contribution in [3.8, 4) is 45.3 Å². The fraction of sp³-hybridized carbons (Fsp3) is 0. The third kappa shape index (κ3) is 4.30. The molecular weight excluding hydrogens is 542 g/mol. The van der Waals surface area contributed by atoms with Crippen LogP contribution in [0.25, 0.3) is 84.3 Å². The third-order valence-corrected chi connectivity index (χ3v) is 7.74. The fourth-order valence-electron chi connectivity index (χ4n) is 5.77. The highest BCUT2D eigenvalue weighted by molar-refractivity contribution is 6.14. The average molecular weight is 568 g/mol. The van der Waals surface area contributed by atoms with Gasteiger partial charge in [-0.1, -0.05) is 128 Å². The second kappa shape index (κ2) is 10.6. The molecule has 0 aliphatic rings. The zero-order chi connectivity index (χ0) is 29.5. The minimum absolute atomic E-state index is 0.518. The Balaban J connectivity index is 1.46. The molecule has 5 nitrogen and oxygen atoms in total. The maximum Gasteiger partial charge on any atom is 0.168 e. The van der Waals surface area contributed by atoms with Crippen molar-refractivity contribution in [3.63, 3.8) is 0 Å². The summed E-state index contributed by atoms with van der Waals surface area (Å²) in [5.41, 5.74) is 6.89. The normalized spacial score (nSPS) is 11.6. The molecule has 0 saturated carbocycles. The molecule has 5 aromatic carbocycles. The standard InChI is InChI=1S/C39H25N3O2/c1-2-3-22-33-35(39-41-37(25-14-6-4-7-15-25)40-38(42-39)26-16-8-5-9-17-26)34-28(19-13-24-32(34)43-33)30-21-12-20-29-27-18-10-11-23-31(27)44-36(29)30/h2-24H,1H2/b22-3-. The molecule has 0 fully saturated rings. The Hall–Kier alpha value is -6.07. The highest BCUT2D eigenvalue weighted by Gasteiger charge is 2.24. The first-order valence-electron chi connectivity index (χ1n) is 14.4. The Bertz CT molecular complexity index is 2290. The molecule has 5 heteroatoms. The molecular formula is C39H25N3O2. The predicted molar refractivity (Wildman–Crippen MR) is 178 cm³/mol. The number of furan rings is 2. The summed E-state index contributed by atoms with van der Waals surface area (Å²) < 4.78 is 13.0. The molecule has 8 aromatic rings. The summed E-state index contributed by atoms with van der Waals surface area (Å²) in [5, 5.41) is 3.04. The summed E-state index contributed by atoms with van der Waals surface area (Å²) in [7, 11) is 0. The van der Waals surface area contributed by atoms with Gasteiger partial charge in [-0.15, -0.1) is 0 Å². The van der Waals surface area contributed by atoms with Crippen molar-refractivity contribution >= 4 is 39.0 Å².